The highest BCUT2D eigenvalue weighted by Gasteiger charge is 2.44. The zero-order valence-electron chi connectivity index (χ0n) is 18.0. The Hall–Kier alpha value is -1.78. The molecule has 1 saturated heterocycles. The molecule has 1 heterocycles. The van der Waals surface area contributed by atoms with Gasteiger partial charge in [-0.05, 0) is 62.6 Å². The van der Waals surface area contributed by atoms with Crippen LogP contribution < -0.4 is 4.72 Å². The fourth-order valence-electron chi connectivity index (χ4n) is 4.74. The minimum atomic E-state index is -3.45. The Bertz CT molecular complexity index is 890. The molecule has 0 radical (unpaired) electrons. The van der Waals surface area contributed by atoms with E-state index in [4.69, 9.17) is 9.47 Å². The molecular formula is C21H30F2N2O5S. The van der Waals surface area contributed by atoms with Crippen molar-refractivity contribution in [1.29, 1.82) is 0 Å². The first-order chi connectivity index (χ1) is 14.6. The lowest BCUT2D eigenvalue weighted by atomic mass is 9.82. The number of ether oxygens (including phenoxy) is 2. The van der Waals surface area contributed by atoms with Gasteiger partial charge in [0.1, 0.15) is 0 Å². The molecule has 1 aromatic rings. The number of sulfonamides is 1. The molecule has 3 rings (SSSR count). The summed E-state index contributed by atoms with van der Waals surface area (Å²) in [6, 6.07) is 2.93. The lowest BCUT2D eigenvalue weighted by Crippen LogP contribution is -2.50. The van der Waals surface area contributed by atoms with Gasteiger partial charge >= 0.3 is 6.09 Å². The number of hydrogen-bond acceptors (Lipinski definition) is 5. The molecule has 0 spiro atoms. The normalized spacial score (nSPS) is 29.2. The van der Waals surface area contributed by atoms with Gasteiger partial charge < -0.3 is 9.47 Å². The Labute approximate surface area is 182 Å². The molecular weight excluding hydrogens is 430 g/mol. The summed E-state index contributed by atoms with van der Waals surface area (Å²) in [6.07, 6.45) is 4.06. The minimum absolute atomic E-state index is 0.0455. The van der Waals surface area contributed by atoms with Crippen molar-refractivity contribution in [3.05, 3.63) is 35.4 Å². The maximum atomic E-state index is 13.5. The number of amides is 1. The molecule has 3 atom stereocenters. The Morgan fingerprint density at radius 1 is 1.19 bits per heavy atom. The van der Waals surface area contributed by atoms with Crippen LogP contribution in [0.1, 0.15) is 50.5 Å². The van der Waals surface area contributed by atoms with Crippen LogP contribution in [0.3, 0.4) is 0 Å². The first kappa shape index (κ1) is 23.9. The van der Waals surface area contributed by atoms with Crippen molar-refractivity contribution in [1.82, 2.24) is 9.62 Å². The molecule has 0 bridgehead atoms. The third kappa shape index (κ3) is 5.93. The van der Waals surface area contributed by atoms with Gasteiger partial charge in [0.25, 0.3) is 0 Å². The summed E-state index contributed by atoms with van der Waals surface area (Å²) < 4.78 is 63.8. The quantitative estimate of drug-likeness (QED) is 0.705. The summed E-state index contributed by atoms with van der Waals surface area (Å²) in [6.45, 7) is 2.04. The highest BCUT2D eigenvalue weighted by Crippen LogP contribution is 2.35. The summed E-state index contributed by atoms with van der Waals surface area (Å²) in [4.78, 5) is 13.8. The molecule has 1 aliphatic heterocycles. The van der Waals surface area contributed by atoms with Crippen molar-refractivity contribution >= 4 is 16.1 Å². The van der Waals surface area contributed by atoms with E-state index in [9.17, 15) is 22.0 Å². The largest absolute Gasteiger partial charge is 0.453 e. The maximum Gasteiger partial charge on any atom is 0.410 e. The molecule has 1 saturated carbocycles. The predicted octanol–water partition coefficient (Wildman–Crippen LogP) is 3.15. The second-order valence-corrected chi connectivity index (χ2v) is 10.3. The third-order valence-electron chi connectivity index (χ3n) is 6.23. The van der Waals surface area contributed by atoms with Crippen molar-refractivity contribution in [3.8, 4) is 0 Å². The number of likely N-dealkylation sites (tertiary alicyclic amines) is 1. The number of nitrogens with zero attached hydrogens (tertiary/aromatic N) is 1. The smallest absolute Gasteiger partial charge is 0.410 e. The second-order valence-electron chi connectivity index (χ2n) is 8.51. The highest BCUT2D eigenvalue weighted by atomic mass is 32.2. The number of halogens is 2. The van der Waals surface area contributed by atoms with Gasteiger partial charge in [0.15, 0.2) is 11.6 Å². The Morgan fingerprint density at radius 3 is 2.45 bits per heavy atom. The number of rotatable bonds is 6. The summed E-state index contributed by atoms with van der Waals surface area (Å²) >= 11 is 0. The number of benzene rings is 1. The second kappa shape index (κ2) is 9.79. The van der Waals surface area contributed by atoms with Crippen molar-refractivity contribution in [3.63, 3.8) is 0 Å². The average molecular weight is 461 g/mol. The molecule has 174 valence electrons. The van der Waals surface area contributed by atoms with Gasteiger partial charge in [-0.3, -0.25) is 4.90 Å². The van der Waals surface area contributed by atoms with E-state index >= 15 is 0 Å². The van der Waals surface area contributed by atoms with Crippen molar-refractivity contribution in [2.75, 3.05) is 20.0 Å². The third-order valence-corrected chi connectivity index (χ3v) is 6.97. The van der Waals surface area contributed by atoms with E-state index in [-0.39, 0.29) is 24.7 Å². The van der Waals surface area contributed by atoms with E-state index in [0.717, 1.165) is 43.6 Å². The Morgan fingerprint density at radius 2 is 1.87 bits per heavy atom. The van der Waals surface area contributed by atoms with Crippen molar-refractivity contribution in [2.24, 2.45) is 0 Å². The van der Waals surface area contributed by atoms with Gasteiger partial charge in [-0.15, -0.1) is 0 Å². The van der Waals surface area contributed by atoms with Crippen LogP contribution in [0, 0.1) is 11.6 Å². The Balaban J connectivity index is 1.60. The van der Waals surface area contributed by atoms with Crippen LogP contribution in [0.15, 0.2) is 18.2 Å². The van der Waals surface area contributed by atoms with E-state index < -0.39 is 39.8 Å². The minimum Gasteiger partial charge on any atom is -0.453 e. The molecule has 31 heavy (non-hydrogen) atoms. The van der Waals surface area contributed by atoms with E-state index in [0.29, 0.717) is 6.42 Å². The summed E-state index contributed by atoms with van der Waals surface area (Å²) in [7, 11) is -2.15. The molecule has 1 N–H and O–H groups in total. The van der Waals surface area contributed by atoms with E-state index in [1.165, 1.54) is 18.1 Å². The lowest BCUT2D eigenvalue weighted by molar-refractivity contribution is -0.00860. The van der Waals surface area contributed by atoms with Crippen LogP contribution >= 0.6 is 0 Å². The fourth-order valence-corrected chi connectivity index (χ4v) is 5.54. The van der Waals surface area contributed by atoms with Gasteiger partial charge in [0.2, 0.25) is 10.0 Å². The number of carbonyl (C=O) groups excluding carboxylic acids is 1. The van der Waals surface area contributed by atoms with Crippen molar-refractivity contribution < 1.29 is 31.5 Å². The molecule has 7 nitrogen and oxygen atoms in total. The summed E-state index contributed by atoms with van der Waals surface area (Å²) in [5.41, 5.74) is 0.788. The zero-order valence-corrected chi connectivity index (χ0v) is 18.8. The van der Waals surface area contributed by atoms with Crippen LogP contribution in [0.5, 0.6) is 0 Å². The van der Waals surface area contributed by atoms with E-state index in [2.05, 4.69) is 4.72 Å². The Kier molecular flexibility index (Phi) is 7.54. The lowest BCUT2D eigenvalue weighted by Gasteiger charge is -2.33. The van der Waals surface area contributed by atoms with Gasteiger partial charge in [-0.2, -0.15) is 0 Å². The molecule has 1 amide bonds. The molecule has 2 fully saturated rings. The molecule has 1 aromatic carbocycles. The maximum absolute atomic E-state index is 13.5. The molecule has 0 aromatic heterocycles. The van der Waals surface area contributed by atoms with E-state index in [1.54, 1.807) is 6.07 Å². The van der Waals surface area contributed by atoms with Crippen LogP contribution in [-0.4, -0.2) is 63.6 Å². The zero-order chi connectivity index (χ0) is 22.8. The van der Waals surface area contributed by atoms with E-state index in [1.807, 2.05) is 6.92 Å². The van der Waals surface area contributed by atoms with Gasteiger partial charge in [-0.1, -0.05) is 6.07 Å². The molecule has 0 unspecified atom stereocenters. The van der Waals surface area contributed by atoms with Crippen molar-refractivity contribution in [2.45, 2.75) is 69.2 Å². The first-order valence-corrected chi connectivity index (χ1v) is 12.4. The number of nitrogens with one attached hydrogen (secondary N) is 1. The standard InChI is InChI=1S/C21H30F2N2O5S/c1-13-10-19(24-31(3,27)28)20(25(13)21(26)29-2)12-30-16-7-4-14(5-8-16)15-6-9-17(22)18(23)11-15/h6,9,11,13-14,16,19-20,24H,4-5,7-8,10,12H2,1-3H3/t13-,14?,16?,19+,20+/m1/s1. The summed E-state index contributed by atoms with van der Waals surface area (Å²) in [5.74, 6) is -1.54. The monoisotopic (exact) mass is 460 g/mol. The fraction of sp³-hybridized carbons (Fsp3) is 0.667. The first-order valence-electron chi connectivity index (χ1n) is 10.5. The SMILES string of the molecule is COC(=O)N1[C@H](C)C[C@H](NS(C)(=O)=O)[C@@H]1COC1CCC(c2ccc(F)c(F)c2)CC1. The van der Waals surface area contributed by atoms with Gasteiger partial charge in [0.05, 0.1) is 32.1 Å². The predicted molar refractivity (Wildman–Crippen MR) is 111 cm³/mol. The van der Waals surface area contributed by atoms with Crippen LogP contribution in [-0.2, 0) is 19.5 Å². The number of methoxy groups -OCH3 is 1. The van der Waals surface area contributed by atoms with Gasteiger partial charge in [0, 0.05) is 12.1 Å². The average Bonchev–Trinajstić information content (AvgIpc) is 3.01. The molecule has 10 heteroatoms. The number of hydrogen-bond donors (Lipinski definition) is 1. The number of carbonyl (C=O) groups is 1. The summed E-state index contributed by atoms with van der Waals surface area (Å²) in [5, 5.41) is 0. The molecule has 1 aliphatic carbocycles. The highest BCUT2D eigenvalue weighted by molar-refractivity contribution is 7.88. The van der Waals surface area contributed by atoms with Crippen LogP contribution in [0.2, 0.25) is 0 Å². The van der Waals surface area contributed by atoms with Gasteiger partial charge in [-0.25, -0.2) is 26.7 Å². The topological polar surface area (TPSA) is 84.9 Å². The van der Waals surface area contributed by atoms with Crippen LogP contribution in [0.4, 0.5) is 13.6 Å². The molecule has 2 aliphatic rings. The van der Waals surface area contributed by atoms with Crippen LogP contribution in [0.25, 0.3) is 0 Å².